The van der Waals surface area contributed by atoms with Crippen LogP contribution in [0.5, 0.6) is 5.75 Å². The molecule has 2 amide bonds. The highest BCUT2D eigenvalue weighted by Gasteiger charge is 2.23. The number of rotatable bonds is 5. The first-order valence-corrected chi connectivity index (χ1v) is 5.99. The molecule has 0 aliphatic heterocycles. The molecule has 0 heterocycles. The van der Waals surface area contributed by atoms with Gasteiger partial charge in [-0.2, -0.15) is 0 Å². The van der Waals surface area contributed by atoms with Gasteiger partial charge in [-0.15, -0.1) is 0 Å². The van der Waals surface area contributed by atoms with E-state index in [-0.39, 0.29) is 11.6 Å². The normalized spacial score (nSPS) is 11.8. The Labute approximate surface area is 115 Å². The SMILES string of the molecule is COc1ccc(F)c(NC(=O)N[C@H](C(=O)O)C(C)C)c1. The number of hydrogen-bond acceptors (Lipinski definition) is 3. The Morgan fingerprint density at radius 1 is 1.35 bits per heavy atom. The van der Waals surface area contributed by atoms with Gasteiger partial charge in [0, 0.05) is 6.07 Å². The zero-order valence-corrected chi connectivity index (χ0v) is 11.4. The van der Waals surface area contributed by atoms with Gasteiger partial charge in [0.2, 0.25) is 0 Å². The Kier molecular flexibility index (Phi) is 5.31. The van der Waals surface area contributed by atoms with E-state index in [0.717, 1.165) is 6.07 Å². The number of methoxy groups -OCH3 is 1. The molecule has 1 aromatic rings. The van der Waals surface area contributed by atoms with Crippen molar-refractivity contribution in [2.24, 2.45) is 5.92 Å². The third-order valence-corrected chi connectivity index (χ3v) is 2.64. The Bertz CT molecular complexity index is 505. The third-order valence-electron chi connectivity index (χ3n) is 2.64. The van der Waals surface area contributed by atoms with Crippen LogP contribution in [-0.2, 0) is 4.79 Å². The van der Waals surface area contributed by atoms with E-state index in [1.165, 1.54) is 19.2 Å². The van der Waals surface area contributed by atoms with Crippen molar-refractivity contribution in [1.29, 1.82) is 0 Å². The molecule has 1 aromatic carbocycles. The second kappa shape index (κ2) is 6.74. The maximum atomic E-state index is 13.5. The molecule has 0 unspecified atom stereocenters. The number of ether oxygens (including phenoxy) is 1. The summed E-state index contributed by atoms with van der Waals surface area (Å²) in [4.78, 5) is 22.7. The molecule has 0 saturated carbocycles. The first-order valence-electron chi connectivity index (χ1n) is 5.99. The third kappa shape index (κ3) is 4.11. The molecule has 7 heteroatoms. The van der Waals surface area contributed by atoms with Crippen LogP contribution in [0.3, 0.4) is 0 Å². The van der Waals surface area contributed by atoms with Crippen molar-refractivity contribution in [3.8, 4) is 5.75 Å². The molecule has 0 aliphatic carbocycles. The van der Waals surface area contributed by atoms with Gasteiger partial charge in [0.15, 0.2) is 0 Å². The summed E-state index contributed by atoms with van der Waals surface area (Å²) in [6.07, 6.45) is 0. The lowest BCUT2D eigenvalue weighted by Gasteiger charge is -2.18. The Balaban J connectivity index is 2.78. The average molecular weight is 284 g/mol. The number of aliphatic carboxylic acids is 1. The molecule has 20 heavy (non-hydrogen) atoms. The Morgan fingerprint density at radius 2 is 2.00 bits per heavy atom. The number of urea groups is 1. The first kappa shape index (κ1) is 15.7. The molecule has 0 fully saturated rings. The molecular formula is C13H17FN2O4. The number of hydrogen-bond donors (Lipinski definition) is 3. The molecule has 1 atom stereocenters. The van der Waals surface area contributed by atoms with Gasteiger partial charge >= 0.3 is 12.0 Å². The summed E-state index contributed by atoms with van der Waals surface area (Å²) < 4.78 is 18.4. The summed E-state index contributed by atoms with van der Waals surface area (Å²) in [6.45, 7) is 3.32. The lowest BCUT2D eigenvalue weighted by Crippen LogP contribution is -2.46. The topological polar surface area (TPSA) is 87.7 Å². The molecule has 0 radical (unpaired) electrons. The van der Waals surface area contributed by atoms with Gasteiger partial charge in [-0.1, -0.05) is 13.8 Å². The quantitative estimate of drug-likeness (QED) is 0.772. The maximum Gasteiger partial charge on any atom is 0.326 e. The van der Waals surface area contributed by atoms with Gasteiger partial charge in [0.25, 0.3) is 0 Å². The summed E-state index contributed by atoms with van der Waals surface area (Å²) in [7, 11) is 1.41. The van der Waals surface area contributed by atoms with E-state index < -0.39 is 23.9 Å². The number of carbonyl (C=O) groups excluding carboxylic acids is 1. The molecule has 0 aromatic heterocycles. The van der Waals surface area contributed by atoms with Crippen LogP contribution in [0.4, 0.5) is 14.9 Å². The van der Waals surface area contributed by atoms with Gasteiger partial charge in [0.1, 0.15) is 17.6 Å². The molecule has 3 N–H and O–H groups in total. The van der Waals surface area contributed by atoms with Crippen LogP contribution in [0.25, 0.3) is 0 Å². The van der Waals surface area contributed by atoms with E-state index in [2.05, 4.69) is 10.6 Å². The van der Waals surface area contributed by atoms with Crippen LogP contribution < -0.4 is 15.4 Å². The number of benzene rings is 1. The summed E-state index contributed by atoms with van der Waals surface area (Å²) in [5, 5.41) is 13.5. The van der Waals surface area contributed by atoms with E-state index in [1.54, 1.807) is 13.8 Å². The van der Waals surface area contributed by atoms with Crippen molar-refractivity contribution in [2.75, 3.05) is 12.4 Å². The van der Waals surface area contributed by atoms with E-state index in [9.17, 15) is 14.0 Å². The summed E-state index contributed by atoms with van der Waals surface area (Å²) in [5.74, 6) is -1.72. The number of halogens is 1. The minimum atomic E-state index is -1.15. The number of amides is 2. The second-order valence-corrected chi connectivity index (χ2v) is 4.50. The van der Waals surface area contributed by atoms with Crippen LogP contribution in [0.15, 0.2) is 18.2 Å². The average Bonchev–Trinajstić information content (AvgIpc) is 2.37. The monoisotopic (exact) mass is 284 g/mol. The van der Waals surface area contributed by atoms with Crippen LogP contribution >= 0.6 is 0 Å². The van der Waals surface area contributed by atoms with Crippen molar-refractivity contribution in [3.63, 3.8) is 0 Å². The van der Waals surface area contributed by atoms with Crippen LogP contribution in [0.2, 0.25) is 0 Å². The van der Waals surface area contributed by atoms with E-state index in [1.807, 2.05) is 0 Å². The molecule has 6 nitrogen and oxygen atoms in total. The fourth-order valence-corrected chi connectivity index (χ4v) is 1.54. The first-order chi connectivity index (χ1) is 9.35. The summed E-state index contributed by atoms with van der Waals surface area (Å²) in [5.41, 5.74) is -0.0882. The highest BCUT2D eigenvalue weighted by molar-refractivity contribution is 5.92. The second-order valence-electron chi connectivity index (χ2n) is 4.50. The van der Waals surface area contributed by atoms with Crippen LogP contribution in [0.1, 0.15) is 13.8 Å². The van der Waals surface area contributed by atoms with Crippen molar-refractivity contribution in [3.05, 3.63) is 24.0 Å². The number of carboxylic acid groups (broad SMARTS) is 1. The standard InChI is InChI=1S/C13H17FN2O4/c1-7(2)11(12(17)18)16-13(19)15-10-6-8(20-3)4-5-9(10)14/h4-7,11H,1-3H3,(H,17,18)(H2,15,16,19)/t11-/m0/s1. The molecule has 0 aliphatic rings. The predicted octanol–water partition coefficient (Wildman–Crippen LogP) is 2.06. The zero-order valence-electron chi connectivity index (χ0n) is 11.4. The summed E-state index contributed by atoms with van der Waals surface area (Å²) >= 11 is 0. The lowest BCUT2D eigenvalue weighted by atomic mass is 10.1. The zero-order chi connectivity index (χ0) is 15.3. The van der Waals surface area contributed by atoms with Crippen LogP contribution in [0, 0.1) is 11.7 Å². The molecular weight excluding hydrogens is 267 g/mol. The van der Waals surface area contributed by atoms with Crippen molar-refractivity contribution >= 4 is 17.7 Å². The fourth-order valence-electron chi connectivity index (χ4n) is 1.54. The van der Waals surface area contributed by atoms with Crippen molar-refractivity contribution in [2.45, 2.75) is 19.9 Å². The smallest absolute Gasteiger partial charge is 0.326 e. The van der Waals surface area contributed by atoms with Gasteiger partial charge in [0.05, 0.1) is 12.8 Å². The van der Waals surface area contributed by atoms with Gasteiger partial charge in [-0.3, -0.25) is 0 Å². The predicted molar refractivity (Wildman–Crippen MR) is 71.4 cm³/mol. The minimum Gasteiger partial charge on any atom is -0.497 e. The van der Waals surface area contributed by atoms with E-state index >= 15 is 0 Å². The number of carbonyl (C=O) groups is 2. The van der Waals surface area contributed by atoms with Crippen LogP contribution in [-0.4, -0.2) is 30.3 Å². The Hall–Kier alpha value is -2.31. The molecule has 0 saturated heterocycles. The van der Waals surface area contributed by atoms with Gasteiger partial charge < -0.3 is 20.5 Å². The Morgan fingerprint density at radius 3 is 2.50 bits per heavy atom. The van der Waals surface area contributed by atoms with Crippen molar-refractivity contribution in [1.82, 2.24) is 5.32 Å². The highest BCUT2D eigenvalue weighted by Crippen LogP contribution is 2.20. The largest absolute Gasteiger partial charge is 0.497 e. The number of anilines is 1. The minimum absolute atomic E-state index is 0.0882. The summed E-state index contributed by atoms with van der Waals surface area (Å²) in [6, 6.07) is 2.01. The lowest BCUT2D eigenvalue weighted by molar-refractivity contribution is -0.140. The maximum absolute atomic E-state index is 13.5. The van der Waals surface area contributed by atoms with Gasteiger partial charge in [-0.05, 0) is 18.1 Å². The molecule has 110 valence electrons. The molecule has 1 rings (SSSR count). The highest BCUT2D eigenvalue weighted by atomic mass is 19.1. The van der Waals surface area contributed by atoms with Gasteiger partial charge in [-0.25, -0.2) is 14.0 Å². The molecule has 0 spiro atoms. The van der Waals surface area contributed by atoms with E-state index in [0.29, 0.717) is 5.75 Å². The molecule has 0 bridgehead atoms. The number of nitrogens with one attached hydrogen (secondary N) is 2. The van der Waals surface area contributed by atoms with Crippen molar-refractivity contribution < 1.29 is 23.8 Å². The number of carboxylic acids is 1. The van der Waals surface area contributed by atoms with E-state index in [4.69, 9.17) is 9.84 Å². The fraction of sp³-hybridized carbons (Fsp3) is 0.385.